The van der Waals surface area contributed by atoms with Gasteiger partial charge in [0.1, 0.15) is 15.7 Å². The van der Waals surface area contributed by atoms with Crippen LogP contribution in [-0.2, 0) is 16.0 Å². The smallest absolute Gasteiger partial charge is 0.350 e. The summed E-state index contributed by atoms with van der Waals surface area (Å²) < 4.78 is 72.9. The summed E-state index contributed by atoms with van der Waals surface area (Å²) >= 11 is 0. The molecule has 1 aromatic rings. The minimum Gasteiger partial charge on any atom is -0.350 e. The highest BCUT2D eigenvalue weighted by atomic mass is 32.2. The number of carbonyl (C=O) groups excluding carboxylic acids is 1. The quantitative estimate of drug-likeness (QED) is 0.837. The van der Waals surface area contributed by atoms with E-state index in [1.165, 1.54) is 6.92 Å². The van der Waals surface area contributed by atoms with Crippen molar-refractivity contribution < 1.29 is 30.8 Å². The molecular formula is C13H15F4NO3S. The number of hydrogen-bond acceptors (Lipinski definition) is 3. The number of hydrogen-bond donors (Lipinski definition) is 1. The average Bonchev–Trinajstić information content (AvgIpc) is 2.33. The van der Waals surface area contributed by atoms with Crippen LogP contribution in [0.15, 0.2) is 18.2 Å². The number of halogens is 4. The van der Waals surface area contributed by atoms with E-state index >= 15 is 0 Å². The summed E-state index contributed by atoms with van der Waals surface area (Å²) in [5.74, 6) is -2.25. The van der Waals surface area contributed by atoms with Crippen molar-refractivity contribution in [1.82, 2.24) is 5.32 Å². The average molecular weight is 341 g/mol. The Balaban J connectivity index is 2.83. The van der Waals surface area contributed by atoms with Gasteiger partial charge in [0.2, 0.25) is 0 Å². The summed E-state index contributed by atoms with van der Waals surface area (Å²) in [6.07, 6.45) is -3.63. The van der Waals surface area contributed by atoms with Crippen molar-refractivity contribution in [1.29, 1.82) is 0 Å². The van der Waals surface area contributed by atoms with Crippen LogP contribution < -0.4 is 5.32 Å². The number of nitrogens with one attached hydrogen (secondary N) is 1. The maximum atomic E-state index is 13.2. The molecule has 0 aliphatic carbocycles. The molecule has 0 saturated carbocycles. The van der Waals surface area contributed by atoms with Gasteiger partial charge in [-0.2, -0.15) is 13.2 Å². The van der Waals surface area contributed by atoms with Crippen LogP contribution in [0.4, 0.5) is 17.6 Å². The lowest BCUT2D eigenvalue weighted by molar-refractivity contribution is -0.137. The van der Waals surface area contributed by atoms with Gasteiger partial charge in [0.05, 0.1) is 11.3 Å². The van der Waals surface area contributed by atoms with E-state index in [9.17, 15) is 30.8 Å². The van der Waals surface area contributed by atoms with Gasteiger partial charge in [0.15, 0.2) is 0 Å². The molecule has 0 fully saturated rings. The van der Waals surface area contributed by atoms with Crippen molar-refractivity contribution in [3.05, 3.63) is 35.1 Å². The first-order valence-electron chi connectivity index (χ1n) is 6.25. The SMILES string of the molecule is C[C@@H](CCS(C)(=O)=O)NC(=O)c1cc(F)cc(C(F)(F)F)c1. The summed E-state index contributed by atoms with van der Waals surface area (Å²) in [6, 6.07) is 0.944. The Morgan fingerprint density at radius 3 is 2.36 bits per heavy atom. The Morgan fingerprint density at radius 2 is 1.86 bits per heavy atom. The maximum Gasteiger partial charge on any atom is 0.416 e. The molecule has 1 aromatic carbocycles. The second kappa shape index (κ2) is 6.64. The molecule has 1 atom stereocenters. The van der Waals surface area contributed by atoms with Crippen LogP contribution in [0.2, 0.25) is 0 Å². The van der Waals surface area contributed by atoms with Gasteiger partial charge in [-0.05, 0) is 31.5 Å². The van der Waals surface area contributed by atoms with Crippen molar-refractivity contribution in [2.45, 2.75) is 25.6 Å². The molecule has 0 spiro atoms. The van der Waals surface area contributed by atoms with Gasteiger partial charge in [0.25, 0.3) is 5.91 Å². The van der Waals surface area contributed by atoms with Crippen LogP contribution >= 0.6 is 0 Å². The summed E-state index contributed by atoms with van der Waals surface area (Å²) in [6.45, 7) is 1.51. The minimum atomic E-state index is -4.76. The van der Waals surface area contributed by atoms with Crippen LogP contribution in [0.25, 0.3) is 0 Å². The van der Waals surface area contributed by atoms with E-state index in [1.807, 2.05) is 0 Å². The zero-order valence-corrected chi connectivity index (χ0v) is 12.7. The first kappa shape index (κ1) is 18.4. The standard InChI is InChI=1S/C13H15F4NO3S/c1-8(3-4-22(2,20)21)18-12(19)9-5-10(13(15,16)17)7-11(14)6-9/h5-8H,3-4H2,1-2H3,(H,18,19)/t8-/m0/s1. The highest BCUT2D eigenvalue weighted by molar-refractivity contribution is 7.90. The molecule has 0 saturated heterocycles. The van der Waals surface area contributed by atoms with Gasteiger partial charge < -0.3 is 5.32 Å². The Kier molecular flexibility index (Phi) is 5.55. The number of sulfone groups is 1. The van der Waals surface area contributed by atoms with Gasteiger partial charge in [-0.25, -0.2) is 12.8 Å². The second-order valence-corrected chi connectivity index (χ2v) is 7.28. The van der Waals surface area contributed by atoms with Crippen molar-refractivity contribution in [3.63, 3.8) is 0 Å². The maximum absolute atomic E-state index is 13.2. The minimum absolute atomic E-state index is 0.103. The van der Waals surface area contributed by atoms with E-state index in [-0.39, 0.29) is 12.2 Å². The summed E-state index contributed by atoms with van der Waals surface area (Å²) in [5, 5.41) is 2.34. The largest absolute Gasteiger partial charge is 0.416 e. The Morgan fingerprint density at radius 1 is 1.27 bits per heavy atom. The number of benzene rings is 1. The number of alkyl halides is 3. The van der Waals surface area contributed by atoms with E-state index in [0.29, 0.717) is 18.2 Å². The Hall–Kier alpha value is -1.64. The fourth-order valence-corrected chi connectivity index (χ4v) is 2.44. The third kappa shape index (κ3) is 6.00. The van der Waals surface area contributed by atoms with Crippen LogP contribution in [0.5, 0.6) is 0 Å². The Labute approximate surface area is 125 Å². The zero-order valence-electron chi connectivity index (χ0n) is 11.9. The van der Waals surface area contributed by atoms with Crippen molar-refractivity contribution in [2.75, 3.05) is 12.0 Å². The predicted octanol–water partition coefficient (Wildman–Crippen LogP) is 2.40. The molecule has 0 bridgehead atoms. The molecule has 0 aliphatic rings. The number of amides is 1. The predicted molar refractivity (Wildman–Crippen MR) is 72.7 cm³/mol. The van der Waals surface area contributed by atoms with Crippen LogP contribution in [0, 0.1) is 5.82 Å². The number of carbonyl (C=O) groups is 1. The normalized spacial score (nSPS) is 13.7. The summed E-state index contributed by atoms with van der Waals surface area (Å²) in [4.78, 5) is 11.8. The lowest BCUT2D eigenvalue weighted by Crippen LogP contribution is -2.34. The topological polar surface area (TPSA) is 63.2 Å². The van der Waals surface area contributed by atoms with Gasteiger partial charge >= 0.3 is 6.18 Å². The van der Waals surface area contributed by atoms with Gasteiger partial charge in [0, 0.05) is 17.9 Å². The van der Waals surface area contributed by atoms with Crippen LogP contribution in [-0.4, -0.2) is 32.4 Å². The molecule has 0 aromatic heterocycles. The number of rotatable bonds is 5. The fourth-order valence-electron chi connectivity index (χ4n) is 1.65. The highest BCUT2D eigenvalue weighted by Crippen LogP contribution is 2.30. The van der Waals surface area contributed by atoms with Crippen molar-refractivity contribution >= 4 is 15.7 Å². The van der Waals surface area contributed by atoms with E-state index in [2.05, 4.69) is 5.32 Å². The molecule has 1 N–H and O–H groups in total. The van der Waals surface area contributed by atoms with Gasteiger partial charge in [-0.15, -0.1) is 0 Å². The van der Waals surface area contributed by atoms with E-state index < -0.39 is 44.9 Å². The fraction of sp³-hybridized carbons (Fsp3) is 0.462. The molecule has 9 heteroatoms. The molecule has 1 amide bonds. The molecular weight excluding hydrogens is 326 g/mol. The second-order valence-electron chi connectivity index (χ2n) is 5.02. The lowest BCUT2D eigenvalue weighted by Gasteiger charge is -2.14. The van der Waals surface area contributed by atoms with Crippen molar-refractivity contribution in [3.8, 4) is 0 Å². The van der Waals surface area contributed by atoms with E-state index in [0.717, 1.165) is 6.26 Å². The molecule has 124 valence electrons. The Bertz CT molecular complexity index is 656. The molecule has 0 aliphatic heterocycles. The summed E-state index contributed by atoms with van der Waals surface area (Å²) in [7, 11) is -3.21. The lowest BCUT2D eigenvalue weighted by atomic mass is 10.1. The molecule has 4 nitrogen and oxygen atoms in total. The third-order valence-electron chi connectivity index (χ3n) is 2.79. The molecule has 0 radical (unpaired) electrons. The summed E-state index contributed by atoms with van der Waals surface area (Å²) in [5.41, 5.74) is -1.74. The molecule has 1 rings (SSSR count). The highest BCUT2D eigenvalue weighted by Gasteiger charge is 2.32. The van der Waals surface area contributed by atoms with Gasteiger partial charge in [-0.3, -0.25) is 4.79 Å². The molecule has 0 heterocycles. The first-order chi connectivity index (χ1) is 9.88. The zero-order chi connectivity index (χ0) is 17.1. The van der Waals surface area contributed by atoms with Gasteiger partial charge in [-0.1, -0.05) is 0 Å². The molecule has 0 unspecified atom stereocenters. The molecule has 22 heavy (non-hydrogen) atoms. The monoisotopic (exact) mass is 341 g/mol. The van der Waals surface area contributed by atoms with Crippen LogP contribution in [0.1, 0.15) is 29.3 Å². The van der Waals surface area contributed by atoms with E-state index in [1.54, 1.807) is 0 Å². The van der Waals surface area contributed by atoms with Crippen LogP contribution in [0.3, 0.4) is 0 Å². The first-order valence-corrected chi connectivity index (χ1v) is 8.31. The van der Waals surface area contributed by atoms with Crippen molar-refractivity contribution in [2.24, 2.45) is 0 Å². The third-order valence-corrected chi connectivity index (χ3v) is 3.76. The van der Waals surface area contributed by atoms with E-state index in [4.69, 9.17) is 0 Å².